The Labute approximate surface area is 126 Å². The Hall–Kier alpha value is -1.11. The van der Waals surface area contributed by atoms with Crippen molar-refractivity contribution in [3.8, 4) is 0 Å². The van der Waals surface area contributed by atoms with E-state index in [1.807, 2.05) is 13.8 Å². The topological polar surface area (TPSA) is 76.5 Å². The molecule has 2 unspecified atom stereocenters. The molecule has 1 fully saturated rings. The molecule has 2 heterocycles. The van der Waals surface area contributed by atoms with Crippen molar-refractivity contribution < 1.29 is 9.84 Å². The Morgan fingerprint density at radius 2 is 2.14 bits per heavy atom. The van der Waals surface area contributed by atoms with Crippen LogP contribution in [0.1, 0.15) is 31.2 Å². The highest BCUT2D eigenvalue weighted by molar-refractivity contribution is 5.46. The van der Waals surface area contributed by atoms with Crippen LogP contribution in [0.2, 0.25) is 0 Å². The van der Waals surface area contributed by atoms with E-state index in [4.69, 9.17) is 10.5 Å². The van der Waals surface area contributed by atoms with E-state index in [2.05, 4.69) is 16.9 Å². The van der Waals surface area contributed by atoms with Crippen molar-refractivity contribution in [2.45, 2.75) is 51.9 Å². The zero-order valence-corrected chi connectivity index (χ0v) is 13.6. The summed E-state index contributed by atoms with van der Waals surface area (Å²) in [7, 11) is 1.76. The summed E-state index contributed by atoms with van der Waals surface area (Å²) in [5, 5.41) is 14.7. The summed E-state index contributed by atoms with van der Waals surface area (Å²) in [5.41, 5.74) is 8.29. The summed E-state index contributed by atoms with van der Waals surface area (Å²) in [6.07, 6.45) is 1.72. The molecule has 1 aliphatic rings. The molecule has 2 atom stereocenters. The summed E-state index contributed by atoms with van der Waals surface area (Å²) in [4.78, 5) is 2.27. The van der Waals surface area contributed by atoms with Crippen molar-refractivity contribution in [1.82, 2.24) is 14.7 Å². The number of piperidine rings is 1. The Morgan fingerprint density at radius 3 is 2.71 bits per heavy atom. The number of ether oxygens (including phenoxy) is 1. The van der Waals surface area contributed by atoms with E-state index in [0.717, 1.165) is 37.3 Å². The first-order chi connectivity index (χ1) is 9.84. The third kappa shape index (κ3) is 3.75. The molecule has 0 aromatic carbocycles. The molecule has 0 bridgehead atoms. The summed E-state index contributed by atoms with van der Waals surface area (Å²) in [5.74, 6) is 0. The number of methoxy groups -OCH3 is 1. The van der Waals surface area contributed by atoms with Crippen molar-refractivity contribution in [3.63, 3.8) is 0 Å². The van der Waals surface area contributed by atoms with Gasteiger partial charge in [-0.3, -0.25) is 9.58 Å². The molecule has 21 heavy (non-hydrogen) atoms. The zero-order valence-electron chi connectivity index (χ0n) is 13.6. The monoisotopic (exact) mass is 296 g/mol. The van der Waals surface area contributed by atoms with Crippen molar-refractivity contribution in [2.24, 2.45) is 0 Å². The summed E-state index contributed by atoms with van der Waals surface area (Å²) >= 11 is 0. The van der Waals surface area contributed by atoms with Crippen LogP contribution in [-0.2, 0) is 11.3 Å². The normalized spacial score (nSPS) is 25.2. The van der Waals surface area contributed by atoms with Crippen LogP contribution >= 0.6 is 0 Å². The van der Waals surface area contributed by atoms with Crippen molar-refractivity contribution in [2.75, 3.05) is 32.5 Å². The van der Waals surface area contributed by atoms with Crippen LogP contribution in [0.3, 0.4) is 0 Å². The summed E-state index contributed by atoms with van der Waals surface area (Å²) in [6.45, 7) is 8.94. The van der Waals surface area contributed by atoms with Gasteiger partial charge in [-0.05, 0) is 40.2 Å². The van der Waals surface area contributed by atoms with E-state index in [-0.39, 0.29) is 5.60 Å². The second kappa shape index (κ2) is 6.34. The number of aromatic nitrogens is 2. The van der Waals surface area contributed by atoms with Crippen molar-refractivity contribution in [3.05, 3.63) is 11.4 Å². The average molecular weight is 296 g/mol. The van der Waals surface area contributed by atoms with Gasteiger partial charge in [-0.25, -0.2) is 0 Å². The summed E-state index contributed by atoms with van der Waals surface area (Å²) in [6, 6.07) is 0. The Morgan fingerprint density at radius 1 is 1.43 bits per heavy atom. The molecule has 0 radical (unpaired) electrons. The lowest BCUT2D eigenvalue weighted by Crippen LogP contribution is -2.49. The molecule has 6 heteroatoms. The number of likely N-dealkylation sites (tertiary alicyclic amines) is 1. The number of hydrogen-bond acceptors (Lipinski definition) is 5. The minimum Gasteiger partial charge on any atom is -0.396 e. The zero-order chi connectivity index (χ0) is 15.6. The molecule has 120 valence electrons. The third-order valence-corrected chi connectivity index (χ3v) is 4.52. The number of β-amino-alcohol motifs (C(OH)–C–C–N with tert-alkyl or cyclic N) is 1. The van der Waals surface area contributed by atoms with Crippen LogP contribution < -0.4 is 5.73 Å². The van der Waals surface area contributed by atoms with Gasteiger partial charge in [0.1, 0.15) is 0 Å². The fraction of sp³-hybridized carbons (Fsp3) is 0.800. The molecule has 2 rings (SSSR count). The lowest BCUT2D eigenvalue weighted by molar-refractivity contribution is -0.0594. The molecule has 0 saturated carbocycles. The van der Waals surface area contributed by atoms with Gasteiger partial charge < -0.3 is 15.6 Å². The minimum atomic E-state index is -0.457. The predicted molar refractivity (Wildman–Crippen MR) is 83.2 cm³/mol. The van der Waals surface area contributed by atoms with Gasteiger partial charge in [0.15, 0.2) is 0 Å². The maximum Gasteiger partial charge on any atom is 0.0862 e. The molecule has 1 aliphatic heterocycles. The van der Waals surface area contributed by atoms with Crippen LogP contribution in [0, 0.1) is 13.8 Å². The van der Waals surface area contributed by atoms with E-state index >= 15 is 0 Å². The molecule has 1 aromatic heterocycles. The highest BCUT2D eigenvalue weighted by Crippen LogP contribution is 2.24. The van der Waals surface area contributed by atoms with Crippen LogP contribution in [0.4, 0.5) is 5.69 Å². The maximum absolute atomic E-state index is 10.3. The second-order valence-electron chi connectivity index (χ2n) is 6.41. The molecule has 6 nitrogen and oxygen atoms in total. The highest BCUT2D eigenvalue weighted by Gasteiger charge is 2.31. The van der Waals surface area contributed by atoms with Gasteiger partial charge in [0, 0.05) is 20.2 Å². The standard InChI is InChI=1S/C15H28N4O2/c1-11-14(16)12(2)19(17-11)9-13(20)8-18-7-5-6-15(3,10-18)21-4/h13,20H,5-10,16H2,1-4H3. The first-order valence-corrected chi connectivity index (χ1v) is 7.59. The third-order valence-electron chi connectivity index (χ3n) is 4.52. The smallest absolute Gasteiger partial charge is 0.0862 e. The Bertz CT molecular complexity index is 488. The Balaban J connectivity index is 1.92. The van der Waals surface area contributed by atoms with Crippen LogP contribution in [0.5, 0.6) is 0 Å². The first-order valence-electron chi connectivity index (χ1n) is 7.59. The number of aliphatic hydroxyl groups is 1. The van der Waals surface area contributed by atoms with Crippen molar-refractivity contribution in [1.29, 1.82) is 0 Å². The van der Waals surface area contributed by atoms with Gasteiger partial charge in [-0.1, -0.05) is 0 Å². The number of anilines is 1. The molecule has 0 spiro atoms. The molecule has 1 aromatic rings. The lowest BCUT2D eigenvalue weighted by atomic mass is 9.94. The molecule has 3 N–H and O–H groups in total. The average Bonchev–Trinajstić information content (AvgIpc) is 2.66. The number of aliphatic hydroxyl groups excluding tert-OH is 1. The quantitative estimate of drug-likeness (QED) is 0.846. The first kappa shape index (κ1) is 16.3. The van der Waals surface area contributed by atoms with Gasteiger partial charge in [-0.15, -0.1) is 0 Å². The van der Waals surface area contributed by atoms with Crippen molar-refractivity contribution >= 4 is 5.69 Å². The predicted octanol–water partition coefficient (Wildman–Crippen LogP) is 0.944. The highest BCUT2D eigenvalue weighted by atomic mass is 16.5. The van der Waals surface area contributed by atoms with Crippen LogP contribution in [-0.4, -0.2) is 58.2 Å². The largest absolute Gasteiger partial charge is 0.396 e. The van der Waals surface area contributed by atoms with E-state index in [9.17, 15) is 5.11 Å². The Kier molecular flexibility index (Phi) is 4.91. The number of aryl methyl sites for hydroxylation is 1. The molecular weight excluding hydrogens is 268 g/mol. The van der Waals surface area contributed by atoms with Gasteiger partial charge in [0.25, 0.3) is 0 Å². The molecular formula is C15H28N4O2. The lowest BCUT2D eigenvalue weighted by Gasteiger charge is -2.40. The minimum absolute atomic E-state index is 0.0966. The SMILES string of the molecule is COC1(C)CCCN(CC(O)Cn2nc(C)c(N)c2C)C1. The fourth-order valence-corrected chi connectivity index (χ4v) is 3.07. The summed E-state index contributed by atoms with van der Waals surface area (Å²) < 4.78 is 7.39. The number of nitrogens with zero attached hydrogens (tertiary/aromatic N) is 3. The molecule has 1 saturated heterocycles. The van der Waals surface area contributed by atoms with E-state index < -0.39 is 6.10 Å². The van der Waals surface area contributed by atoms with E-state index in [1.165, 1.54) is 0 Å². The van der Waals surface area contributed by atoms with Crippen LogP contribution in [0.15, 0.2) is 0 Å². The van der Waals surface area contributed by atoms with Gasteiger partial charge in [0.05, 0.1) is 35.3 Å². The van der Waals surface area contributed by atoms with Gasteiger partial charge >= 0.3 is 0 Å². The van der Waals surface area contributed by atoms with E-state index in [0.29, 0.717) is 18.8 Å². The number of nitrogen functional groups attached to an aromatic ring is 1. The van der Waals surface area contributed by atoms with Crippen LogP contribution in [0.25, 0.3) is 0 Å². The number of nitrogens with two attached hydrogens (primary N) is 1. The maximum atomic E-state index is 10.3. The number of rotatable bonds is 5. The second-order valence-corrected chi connectivity index (χ2v) is 6.41. The van der Waals surface area contributed by atoms with E-state index in [1.54, 1.807) is 11.8 Å². The molecule has 0 amide bonds. The van der Waals surface area contributed by atoms with Gasteiger partial charge in [0.2, 0.25) is 0 Å². The molecule has 0 aliphatic carbocycles. The fourth-order valence-electron chi connectivity index (χ4n) is 3.07. The number of hydrogen-bond donors (Lipinski definition) is 2. The van der Waals surface area contributed by atoms with Gasteiger partial charge in [-0.2, -0.15) is 5.10 Å².